The lowest BCUT2D eigenvalue weighted by Gasteiger charge is -2.31. The number of amides is 2. The summed E-state index contributed by atoms with van der Waals surface area (Å²) in [4.78, 5) is 29.2. The summed E-state index contributed by atoms with van der Waals surface area (Å²) in [6, 6.07) is 16.3. The maximum absolute atomic E-state index is 13.2. The van der Waals surface area contributed by atoms with Gasteiger partial charge in [-0.1, -0.05) is 66.8 Å². The fourth-order valence-corrected chi connectivity index (χ4v) is 5.03. The van der Waals surface area contributed by atoms with Crippen LogP contribution < -0.4 is 5.32 Å². The molecule has 0 aromatic heterocycles. The highest BCUT2D eigenvalue weighted by Gasteiger charge is 2.27. The van der Waals surface area contributed by atoms with E-state index >= 15 is 0 Å². The molecule has 2 aromatic carbocycles. The van der Waals surface area contributed by atoms with Crippen molar-refractivity contribution in [3.05, 3.63) is 65.2 Å². The first kappa shape index (κ1) is 24.4. The van der Waals surface area contributed by atoms with E-state index in [1.165, 1.54) is 24.8 Å². The third-order valence-corrected chi connectivity index (χ3v) is 7.17. The molecule has 0 spiro atoms. The van der Waals surface area contributed by atoms with Gasteiger partial charge in [-0.25, -0.2) is 0 Å². The van der Waals surface area contributed by atoms with Crippen LogP contribution in [-0.2, 0) is 16.1 Å². The summed E-state index contributed by atoms with van der Waals surface area (Å²) >= 11 is 1.68. The number of benzene rings is 2. The van der Waals surface area contributed by atoms with Crippen LogP contribution in [0.2, 0.25) is 0 Å². The van der Waals surface area contributed by atoms with Crippen molar-refractivity contribution in [1.29, 1.82) is 0 Å². The lowest BCUT2D eigenvalue weighted by atomic mass is 9.95. The number of nitrogens with one attached hydrogen (secondary N) is 1. The second-order valence-electron chi connectivity index (χ2n) is 8.94. The van der Waals surface area contributed by atoms with E-state index in [-0.39, 0.29) is 17.9 Å². The first-order valence-corrected chi connectivity index (χ1v) is 12.8. The first-order chi connectivity index (χ1) is 15.4. The number of carbonyl (C=O) groups excluding carboxylic acids is 2. The molecule has 0 bridgehead atoms. The number of hydrogen-bond acceptors (Lipinski definition) is 3. The first-order valence-electron chi connectivity index (χ1n) is 11.8. The zero-order valence-electron chi connectivity index (χ0n) is 19.6. The number of nitrogens with zero attached hydrogens (tertiary/aromatic N) is 1. The van der Waals surface area contributed by atoms with E-state index in [0.717, 1.165) is 28.9 Å². The van der Waals surface area contributed by atoms with Gasteiger partial charge < -0.3 is 10.2 Å². The van der Waals surface area contributed by atoms with E-state index < -0.39 is 6.04 Å². The van der Waals surface area contributed by atoms with Gasteiger partial charge >= 0.3 is 0 Å². The van der Waals surface area contributed by atoms with Crippen molar-refractivity contribution in [2.75, 3.05) is 5.75 Å². The van der Waals surface area contributed by atoms with Crippen LogP contribution in [0.1, 0.15) is 62.1 Å². The monoisotopic (exact) mass is 452 g/mol. The van der Waals surface area contributed by atoms with Gasteiger partial charge in [0.2, 0.25) is 11.8 Å². The SMILES string of the molecule is Cc1ccc(SCCC(=O)N(Cc2cccc(C)c2)[C@H](C)C(=O)NC2CCCCC2)cc1. The van der Waals surface area contributed by atoms with E-state index in [1.807, 2.05) is 32.0 Å². The average Bonchev–Trinajstić information content (AvgIpc) is 2.79. The van der Waals surface area contributed by atoms with Crippen LogP contribution >= 0.6 is 11.8 Å². The van der Waals surface area contributed by atoms with Gasteiger partial charge in [0.15, 0.2) is 0 Å². The Morgan fingerprint density at radius 2 is 1.75 bits per heavy atom. The fourth-order valence-electron chi connectivity index (χ4n) is 4.19. The predicted octanol–water partition coefficient (Wildman–Crippen LogP) is 5.65. The van der Waals surface area contributed by atoms with Gasteiger partial charge in [-0.15, -0.1) is 11.8 Å². The molecule has 0 heterocycles. The number of hydrogen-bond donors (Lipinski definition) is 1. The molecule has 1 fully saturated rings. The highest BCUT2D eigenvalue weighted by molar-refractivity contribution is 7.99. The van der Waals surface area contributed by atoms with Gasteiger partial charge in [0, 0.05) is 29.7 Å². The van der Waals surface area contributed by atoms with Gasteiger partial charge in [-0.2, -0.15) is 0 Å². The van der Waals surface area contributed by atoms with Gasteiger partial charge in [0.25, 0.3) is 0 Å². The van der Waals surface area contributed by atoms with E-state index in [2.05, 4.69) is 42.6 Å². The minimum atomic E-state index is -0.491. The number of thioether (sulfide) groups is 1. The van der Waals surface area contributed by atoms with Crippen LogP contribution in [0.25, 0.3) is 0 Å². The van der Waals surface area contributed by atoms with Crippen LogP contribution in [0.5, 0.6) is 0 Å². The summed E-state index contributed by atoms with van der Waals surface area (Å²) in [7, 11) is 0. The smallest absolute Gasteiger partial charge is 0.242 e. The Labute approximate surface area is 197 Å². The highest BCUT2D eigenvalue weighted by atomic mass is 32.2. The fraction of sp³-hybridized carbons (Fsp3) is 0.481. The molecule has 4 nitrogen and oxygen atoms in total. The molecular weight excluding hydrogens is 416 g/mol. The Balaban J connectivity index is 1.64. The molecule has 0 saturated heterocycles. The van der Waals surface area contributed by atoms with Crippen molar-refractivity contribution < 1.29 is 9.59 Å². The van der Waals surface area contributed by atoms with Crippen molar-refractivity contribution in [3.63, 3.8) is 0 Å². The van der Waals surface area contributed by atoms with Crippen LogP contribution in [0, 0.1) is 13.8 Å². The van der Waals surface area contributed by atoms with Crippen LogP contribution in [0.4, 0.5) is 0 Å². The third-order valence-electron chi connectivity index (χ3n) is 6.16. The largest absolute Gasteiger partial charge is 0.352 e. The molecule has 0 aliphatic heterocycles. The molecule has 1 atom stereocenters. The van der Waals surface area contributed by atoms with Crippen molar-refractivity contribution >= 4 is 23.6 Å². The minimum Gasteiger partial charge on any atom is -0.352 e. The maximum atomic E-state index is 13.2. The van der Waals surface area contributed by atoms with Gasteiger partial charge in [-0.3, -0.25) is 9.59 Å². The van der Waals surface area contributed by atoms with E-state index in [0.29, 0.717) is 18.7 Å². The zero-order chi connectivity index (χ0) is 22.9. The molecule has 172 valence electrons. The summed E-state index contributed by atoms with van der Waals surface area (Å²) in [5.41, 5.74) is 3.44. The number of aryl methyl sites for hydroxylation is 2. The summed E-state index contributed by atoms with van der Waals surface area (Å²) in [6.07, 6.45) is 6.07. The average molecular weight is 453 g/mol. The maximum Gasteiger partial charge on any atom is 0.242 e. The molecule has 0 radical (unpaired) electrons. The lowest BCUT2D eigenvalue weighted by Crippen LogP contribution is -2.50. The summed E-state index contributed by atoms with van der Waals surface area (Å²) in [5.74, 6) is 0.685. The van der Waals surface area contributed by atoms with E-state index in [4.69, 9.17) is 0 Å². The second-order valence-corrected chi connectivity index (χ2v) is 10.1. The van der Waals surface area contributed by atoms with Crippen molar-refractivity contribution in [2.24, 2.45) is 0 Å². The molecule has 1 N–H and O–H groups in total. The summed E-state index contributed by atoms with van der Waals surface area (Å²) < 4.78 is 0. The van der Waals surface area contributed by atoms with Crippen LogP contribution in [0.3, 0.4) is 0 Å². The summed E-state index contributed by atoms with van der Waals surface area (Å²) in [5, 5.41) is 3.20. The predicted molar refractivity (Wildman–Crippen MR) is 133 cm³/mol. The highest BCUT2D eigenvalue weighted by Crippen LogP contribution is 2.21. The zero-order valence-corrected chi connectivity index (χ0v) is 20.4. The molecule has 2 aromatic rings. The van der Waals surface area contributed by atoms with E-state index in [1.54, 1.807) is 16.7 Å². The Hall–Kier alpha value is -2.27. The van der Waals surface area contributed by atoms with Crippen molar-refractivity contribution in [3.8, 4) is 0 Å². The van der Waals surface area contributed by atoms with Crippen molar-refractivity contribution in [2.45, 2.75) is 82.8 Å². The Kier molecular flexibility index (Phi) is 9.22. The molecule has 3 rings (SSSR count). The molecule has 32 heavy (non-hydrogen) atoms. The standard InChI is InChI=1S/C27H36N2O2S/c1-20-12-14-25(15-13-20)32-17-16-26(30)29(19-23-9-7-8-21(2)18-23)22(3)27(31)28-24-10-5-4-6-11-24/h7-9,12-15,18,22,24H,4-6,10-11,16-17,19H2,1-3H3,(H,28,31)/t22-/m1/s1. The third kappa shape index (κ3) is 7.40. The van der Waals surface area contributed by atoms with Crippen molar-refractivity contribution in [1.82, 2.24) is 10.2 Å². The lowest BCUT2D eigenvalue weighted by molar-refractivity contribution is -0.140. The second kappa shape index (κ2) is 12.1. The molecule has 1 saturated carbocycles. The topological polar surface area (TPSA) is 49.4 Å². The molecule has 5 heteroatoms. The summed E-state index contributed by atoms with van der Waals surface area (Å²) in [6.45, 7) is 6.43. The normalized spacial score (nSPS) is 15.2. The molecule has 1 aliphatic rings. The van der Waals surface area contributed by atoms with Crippen LogP contribution in [0.15, 0.2) is 53.4 Å². The molecule has 2 amide bonds. The van der Waals surface area contributed by atoms with Gasteiger partial charge in [0.05, 0.1) is 0 Å². The Morgan fingerprint density at radius 1 is 1.03 bits per heavy atom. The molecular formula is C27H36N2O2S. The molecule has 0 unspecified atom stereocenters. The number of carbonyl (C=O) groups is 2. The van der Waals surface area contributed by atoms with Crippen LogP contribution in [-0.4, -0.2) is 34.6 Å². The Morgan fingerprint density at radius 3 is 2.44 bits per heavy atom. The quantitative estimate of drug-likeness (QED) is 0.500. The van der Waals surface area contributed by atoms with Gasteiger partial charge in [0.1, 0.15) is 6.04 Å². The minimum absolute atomic E-state index is 0.0254. The number of rotatable bonds is 9. The van der Waals surface area contributed by atoms with Gasteiger partial charge in [-0.05, 0) is 51.3 Å². The van der Waals surface area contributed by atoms with E-state index in [9.17, 15) is 9.59 Å². The Bertz CT molecular complexity index is 891. The molecule has 1 aliphatic carbocycles.